The molecule has 0 aromatic carbocycles. The molecule has 2 rings (SSSR count). The zero-order valence-electron chi connectivity index (χ0n) is 10.8. The molecule has 1 aliphatic heterocycles. The van der Waals surface area contributed by atoms with Gasteiger partial charge in [-0.1, -0.05) is 6.92 Å². The molecule has 1 atom stereocenters. The number of carbonyl (C=O) groups excluding carboxylic acids is 1. The lowest BCUT2D eigenvalue weighted by molar-refractivity contribution is 0.0932. The molecule has 1 aliphatic rings. The van der Waals surface area contributed by atoms with Crippen molar-refractivity contribution in [2.45, 2.75) is 19.4 Å². The monoisotopic (exact) mass is 249 g/mol. The van der Waals surface area contributed by atoms with E-state index in [1.54, 1.807) is 25.4 Å². The molecule has 0 bridgehead atoms. The lowest BCUT2D eigenvalue weighted by Gasteiger charge is -2.14. The molecule has 1 aromatic heterocycles. The topological polar surface area (TPSA) is 54.5 Å². The summed E-state index contributed by atoms with van der Waals surface area (Å²) in [7, 11) is 1.58. The van der Waals surface area contributed by atoms with Gasteiger partial charge in [-0.15, -0.1) is 0 Å². The number of pyridine rings is 1. The minimum absolute atomic E-state index is 0.128. The molecule has 18 heavy (non-hydrogen) atoms. The summed E-state index contributed by atoms with van der Waals surface area (Å²) in [5, 5.41) is 3.01. The van der Waals surface area contributed by atoms with Gasteiger partial charge >= 0.3 is 0 Å². The molecule has 0 spiro atoms. The zero-order chi connectivity index (χ0) is 13.0. The number of ether oxygens (including phenoxy) is 1. The van der Waals surface area contributed by atoms with Gasteiger partial charge in [-0.25, -0.2) is 0 Å². The Balaban J connectivity index is 1.95. The minimum Gasteiger partial charge on any atom is -0.497 e. The van der Waals surface area contributed by atoms with Crippen LogP contribution in [0.1, 0.15) is 23.8 Å². The molecule has 1 amide bonds. The van der Waals surface area contributed by atoms with Crippen molar-refractivity contribution in [1.29, 1.82) is 0 Å². The normalized spacial score (nSPS) is 19.8. The zero-order valence-corrected chi connectivity index (χ0v) is 10.8. The van der Waals surface area contributed by atoms with Gasteiger partial charge in [0.05, 0.1) is 7.11 Å². The molecule has 5 nitrogen and oxygen atoms in total. The van der Waals surface area contributed by atoms with Gasteiger partial charge in [0.1, 0.15) is 11.4 Å². The van der Waals surface area contributed by atoms with Crippen molar-refractivity contribution < 1.29 is 9.53 Å². The molecular weight excluding hydrogens is 230 g/mol. The molecule has 0 saturated carbocycles. The Hall–Kier alpha value is -1.62. The van der Waals surface area contributed by atoms with Crippen LogP contribution in [0.25, 0.3) is 0 Å². The molecule has 1 unspecified atom stereocenters. The van der Waals surface area contributed by atoms with E-state index in [2.05, 4.69) is 22.1 Å². The van der Waals surface area contributed by atoms with Crippen molar-refractivity contribution >= 4 is 5.91 Å². The van der Waals surface area contributed by atoms with Crippen LogP contribution < -0.4 is 10.1 Å². The van der Waals surface area contributed by atoms with E-state index in [0.29, 0.717) is 11.4 Å². The average molecular weight is 249 g/mol. The Morgan fingerprint density at radius 1 is 1.67 bits per heavy atom. The summed E-state index contributed by atoms with van der Waals surface area (Å²) in [4.78, 5) is 18.4. The number of carbonyl (C=O) groups is 1. The summed E-state index contributed by atoms with van der Waals surface area (Å²) in [6.07, 6.45) is 2.59. The number of hydrogen-bond donors (Lipinski definition) is 1. The average Bonchev–Trinajstić information content (AvgIpc) is 2.86. The van der Waals surface area contributed by atoms with Crippen molar-refractivity contribution in [1.82, 2.24) is 15.2 Å². The van der Waals surface area contributed by atoms with Crippen LogP contribution in [-0.4, -0.2) is 48.6 Å². The number of rotatable bonds is 4. The van der Waals surface area contributed by atoms with Gasteiger partial charge in [0.2, 0.25) is 0 Å². The van der Waals surface area contributed by atoms with Gasteiger partial charge in [-0.3, -0.25) is 9.78 Å². The largest absolute Gasteiger partial charge is 0.497 e. The summed E-state index contributed by atoms with van der Waals surface area (Å²) in [5.74, 6) is 0.522. The van der Waals surface area contributed by atoms with Crippen molar-refractivity contribution in [3.63, 3.8) is 0 Å². The van der Waals surface area contributed by atoms with Crippen LogP contribution in [0.5, 0.6) is 5.75 Å². The molecule has 1 saturated heterocycles. The Morgan fingerprint density at radius 3 is 3.17 bits per heavy atom. The number of likely N-dealkylation sites (tertiary alicyclic amines) is 1. The second-order valence-corrected chi connectivity index (χ2v) is 4.43. The quantitative estimate of drug-likeness (QED) is 0.862. The first-order valence-corrected chi connectivity index (χ1v) is 6.26. The first-order chi connectivity index (χ1) is 8.72. The smallest absolute Gasteiger partial charge is 0.270 e. The maximum Gasteiger partial charge on any atom is 0.270 e. The Bertz CT molecular complexity index is 422. The van der Waals surface area contributed by atoms with Crippen LogP contribution >= 0.6 is 0 Å². The summed E-state index contributed by atoms with van der Waals surface area (Å²) in [6.45, 7) is 5.14. The van der Waals surface area contributed by atoms with Crippen LogP contribution in [0.4, 0.5) is 0 Å². The highest BCUT2D eigenvalue weighted by atomic mass is 16.5. The lowest BCUT2D eigenvalue weighted by Crippen LogP contribution is -2.37. The molecule has 0 radical (unpaired) electrons. The van der Waals surface area contributed by atoms with E-state index in [4.69, 9.17) is 4.74 Å². The maximum atomic E-state index is 12.0. The Labute approximate surface area is 107 Å². The van der Waals surface area contributed by atoms with E-state index >= 15 is 0 Å². The third-order valence-electron chi connectivity index (χ3n) is 3.25. The number of likely N-dealkylation sites (N-methyl/N-ethyl adjacent to an activating group) is 1. The van der Waals surface area contributed by atoms with Gasteiger partial charge in [0, 0.05) is 31.4 Å². The van der Waals surface area contributed by atoms with Gasteiger partial charge < -0.3 is 15.0 Å². The van der Waals surface area contributed by atoms with Crippen molar-refractivity contribution in [3.8, 4) is 5.75 Å². The second kappa shape index (κ2) is 5.82. The number of nitrogens with zero attached hydrogens (tertiary/aromatic N) is 2. The molecule has 98 valence electrons. The van der Waals surface area contributed by atoms with Crippen LogP contribution in [0, 0.1) is 0 Å². The summed E-state index contributed by atoms with van der Waals surface area (Å²) < 4.78 is 5.08. The fourth-order valence-corrected chi connectivity index (χ4v) is 2.16. The Morgan fingerprint density at radius 2 is 2.50 bits per heavy atom. The molecule has 2 heterocycles. The van der Waals surface area contributed by atoms with Crippen molar-refractivity contribution in [2.75, 3.05) is 26.7 Å². The van der Waals surface area contributed by atoms with Crippen LogP contribution in [0.2, 0.25) is 0 Å². The summed E-state index contributed by atoms with van der Waals surface area (Å²) in [5.41, 5.74) is 0.407. The van der Waals surface area contributed by atoms with E-state index in [0.717, 1.165) is 26.1 Å². The lowest BCUT2D eigenvalue weighted by atomic mass is 10.2. The molecule has 1 N–H and O–H groups in total. The van der Waals surface area contributed by atoms with Crippen LogP contribution in [0.15, 0.2) is 18.3 Å². The highest BCUT2D eigenvalue weighted by molar-refractivity contribution is 5.92. The number of aromatic nitrogens is 1. The Kier molecular flexibility index (Phi) is 4.15. The van der Waals surface area contributed by atoms with Gasteiger partial charge in [-0.05, 0) is 19.0 Å². The number of methoxy groups -OCH3 is 1. The van der Waals surface area contributed by atoms with E-state index in [-0.39, 0.29) is 11.9 Å². The third-order valence-corrected chi connectivity index (χ3v) is 3.25. The SMILES string of the molecule is CCN1CCC(NC(=O)c2cc(OC)ccn2)C1. The fourth-order valence-electron chi connectivity index (χ4n) is 2.16. The van der Waals surface area contributed by atoms with Crippen LogP contribution in [-0.2, 0) is 0 Å². The molecule has 1 fully saturated rings. The third kappa shape index (κ3) is 2.98. The van der Waals surface area contributed by atoms with E-state index in [9.17, 15) is 4.79 Å². The molecule has 5 heteroatoms. The van der Waals surface area contributed by atoms with E-state index in [1.165, 1.54) is 0 Å². The summed E-state index contributed by atoms with van der Waals surface area (Å²) >= 11 is 0. The van der Waals surface area contributed by atoms with Gasteiger partial charge in [0.15, 0.2) is 0 Å². The molecular formula is C13H19N3O2. The first-order valence-electron chi connectivity index (χ1n) is 6.26. The maximum absolute atomic E-state index is 12.0. The van der Waals surface area contributed by atoms with E-state index in [1.807, 2.05) is 0 Å². The van der Waals surface area contributed by atoms with Crippen LogP contribution in [0.3, 0.4) is 0 Å². The fraction of sp³-hybridized carbons (Fsp3) is 0.538. The highest BCUT2D eigenvalue weighted by Gasteiger charge is 2.23. The van der Waals surface area contributed by atoms with E-state index < -0.39 is 0 Å². The van der Waals surface area contributed by atoms with Crippen molar-refractivity contribution in [3.05, 3.63) is 24.0 Å². The minimum atomic E-state index is -0.128. The number of nitrogens with one attached hydrogen (secondary N) is 1. The van der Waals surface area contributed by atoms with Gasteiger partial charge in [0.25, 0.3) is 5.91 Å². The number of hydrogen-bond acceptors (Lipinski definition) is 4. The predicted molar refractivity (Wildman–Crippen MR) is 68.8 cm³/mol. The second-order valence-electron chi connectivity index (χ2n) is 4.43. The summed E-state index contributed by atoms with van der Waals surface area (Å²) in [6, 6.07) is 3.61. The number of amides is 1. The standard InChI is InChI=1S/C13H19N3O2/c1-3-16-7-5-10(9-16)15-13(17)12-8-11(18-2)4-6-14-12/h4,6,8,10H,3,5,7,9H2,1-2H3,(H,15,17). The van der Waals surface area contributed by atoms with Gasteiger partial charge in [-0.2, -0.15) is 0 Å². The predicted octanol–water partition coefficient (Wildman–Crippen LogP) is 0.914. The highest BCUT2D eigenvalue weighted by Crippen LogP contribution is 2.12. The molecule has 1 aromatic rings. The first kappa shape index (κ1) is 12.8. The van der Waals surface area contributed by atoms with Crippen molar-refractivity contribution in [2.24, 2.45) is 0 Å². The molecule has 0 aliphatic carbocycles.